The van der Waals surface area contributed by atoms with Crippen LogP contribution >= 0.6 is 0 Å². The van der Waals surface area contributed by atoms with Crippen molar-refractivity contribution in [1.29, 1.82) is 0 Å². The molecule has 0 spiro atoms. The van der Waals surface area contributed by atoms with E-state index in [0.29, 0.717) is 13.0 Å². The van der Waals surface area contributed by atoms with Crippen LogP contribution in [0.3, 0.4) is 0 Å². The molecule has 0 heterocycles. The lowest BCUT2D eigenvalue weighted by atomic mass is 10.0. The predicted octanol–water partition coefficient (Wildman–Crippen LogP) is 3.89. The molecule has 0 aromatic rings. The fourth-order valence-electron chi connectivity index (χ4n) is 2.32. The lowest BCUT2D eigenvalue weighted by Gasteiger charge is -2.02. The summed E-state index contributed by atoms with van der Waals surface area (Å²) in [6, 6.07) is 0. The summed E-state index contributed by atoms with van der Waals surface area (Å²) in [4.78, 5) is 10.5. The zero-order chi connectivity index (χ0) is 16.9. The molecule has 0 aromatic heterocycles. The molecule has 0 rings (SSSR count). The first-order valence-electron chi connectivity index (χ1n) is 9.28. The highest BCUT2D eigenvalue weighted by Crippen LogP contribution is 2.12. The third kappa shape index (κ3) is 27.7. The van der Waals surface area contributed by atoms with Gasteiger partial charge in [-0.3, -0.25) is 4.79 Å². The smallest absolute Gasteiger partial charge is 0.217 e. The summed E-state index contributed by atoms with van der Waals surface area (Å²) >= 11 is 0. The van der Waals surface area contributed by atoms with Gasteiger partial charge in [-0.15, -0.1) is 0 Å². The Labute approximate surface area is 138 Å². The van der Waals surface area contributed by atoms with Crippen LogP contribution in [0.5, 0.6) is 0 Å². The van der Waals surface area contributed by atoms with Gasteiger partial charge in [0.1, 0.15) is 0 Å². The Bertz CT molecular complexity index is 209. The fraction of sp³-hybridized carbons (Fsp3) is 0.944. The molecule has 4 nitrogen and oxygen atoms in total. The molecule has 0 aliphatic carbocycles. The Kier molecular flexibility index (Phi) is 24.4. The van der Waals surface area contributed by atoms with Gasteiger partial charge in [-0.05, 0) is 6.42 Å². The molecule has 0 aromatic carbocycles. The number of aliphatic hydroxyl groups excluding tert-OH is 1. The van der Waals surface area contributed by atoms with Crippen molar-refractivity contribution in [1.82, 2.24) is 0 Å². The van der Waals surface area contributed by atoms with Crippen LogP contribution in [0.25, 0.3) is 0 Å². The monoisotopic (exact) mass is 316 g/mol. The molecular weight excluding hydrogens is 276 g/mol. The topological polar surface area (TPSA) is 89.3 Å². The van der Waals surface area contributed by atoms with E-state index in [2.05, 4.69) is 6.92 Å². The number of carbonyl (C=O) groups excluding carboxylic acids is 1. The zero-order valence-electron chi connectivity index (χ0n) is 14.8. The van der Waals surface area contributed by atoms with Gasteiger partial charge in [-0.25, -0.2) is 0 Å². The number of hydrogen-bond donors (Lipinski definition) is 3. The third-order valence-corrected chi connectivity index (χ3v) is 3.66. The van der Waals surface area contributed by atoms with Crippen molar-refractivity contribution < 1.29 is 9.90 Å². The highest BCUT2D eigenvalue weighted by molar-refractivity contribution is 5.73. The van der Waals surface area contributed by atoms with Gasteiger partial charge in [-0.1, -0.05) is 84.0 Å². The van der Waals surface area contributed by atoms with Crippen molar-refractivity contribution in [3.8, 4) is 0 Å². The number of hydrogen-bond acceptors (Lipinski definition) is 3. The first kappa shape index (κ1) is 23.7. The van der Waals surface area contributed by atoms with Crippen LogP contribution in [-0.4, -0.2) is 24.2 Å². The Morgan fingerprint density at radius 2 is 1.09 bits per heavy atom. The van der Waals surface area contributed by atoms with Gasteiger partial charge in [0.25, 0.3) is 0 Å². The van der Waals surface area contributed by atoms with Gasteiger partial charge in [0.2, 0.25) is 5.91 Å². The van der Waals surface area contributed by atoms with Crippen LogP contribution in [0, 0.1) is 0 Å². The molecule has 0 unspecified atom stereocenters. The Morgan fingerprint density at radius 3 is 1.36 bits per heavy atom. The molecule has 134 valence electrons. The predicted molar refractivity (Wildman–Crippen MR) is 95.6 cm³/mol. The second-order valence-electron chi connectivity index (χ2n) is 5.97. The summed E-state index contributed by atoms with van der Waals surface area (Å²) in [5, 5.41) is 7.75. The molecule has 0 fully saturated rings. The van der Waals surface area contributed by atoms with E-state index in [1.807, 2.05) is 0 Å². The Hall–Kier alpha value is -0.610. The van der Waals surface area contributed by atoms with Crippen LogP contribution in [0.4, 0.5) is 0 Å². The van der Waals surface area contributed by atoms with Crippen molar-refractivity contribution >= 4 is 5.91 Å². The number of unbranched alkanes of at least 4 members (excludes halogenated alkanes) is 12. The summed E-state index contributed by atoms with van der Waals surface area (Å²) in [5.74, 6) is -0.155. The molecule has 0 aliphatic heterocycles. The normalized spacial score (nSPS) is 10.1. The molecule has 1 amide bonds. The van der Waals surface area contributed by atoms with Gasteiger partial charge in [0, 0.05) is 13.0 Å². The second-order valence-corrected chi connectivity index (χ2v) is 5.97. The minimum Gasteiger partial charge on any atom is -0.395 e. The Balaban J connectivity index is 0. The number of rotatable bonds is 15. The van der Waals surface area contributed by atoms with E-state index in [-0.39, 0.29) is 12.5 Å². The van der Waals surface area contributed by atoms with Crippen molar-refractivity contribution in [2.24, 2.45) is 11.5 Å². The molecule has 0 bridgehead atoms. The average Bonchev–Trinajstić information content (AvgIpc) is 2.52. The number of carbonyl (C=O) groups is 1. The average molecular weight is 317 g/mol. The third-order valence-electron chi connectivity index (χ3n) is 3.66. The van der Waals surface area contributed by atoms with Crippen molar-refractivity contribution in [3.05, 3.63) is 0 Å². The van der Waals surface area contributed by atoms with Crippen LogP contribution in [0.15, 0.2) is 0 Å². The van der Waals surface area contributed by atoms with Crippen LogP contribution in [0.2, 0.25) is 0 Å². The number of aliphatic hydroxyl groups is 1. The first-order chi connectivity index (χ1) is 10.7. The minimum atomic E-state index is -0.155. The van der Waals surface area contributed by atoms with Crippen LogP contribution in [-0.2, 0) is 4.79 Å². The van der Waals surface area contributed by atoms with Crippen molar-refractivity contribution in [2.75, 3.05) is 13.2 Å². The SMILES string of the molecule is CCCCCCCCCCCCCCCC(N)=O.NCCO. The van der Waals surface area contributed by atoms with Gasteiger partial charge in [-0.2, -0.15) is 0 Å². The molecule has 22 heavy (non-hydrogen) atoms. The molecule has 0 atom stereocenters. The minimum absolute atomic E-state index is 0.0972. The Morgan fingerprint density at radius 1 is 0.773 bits per heavy atom. The van der Waals surface area contributed by atoms with Gasteiger partial charge < -0.3 is 16.6 Å². The number of amides is 1. The highest BCUT2D eigenvalue weighted by Gasteiger charge is 1.95. The lowest BCUT2D eigenvalue weighted by Crippen LogP contribution is -2.09. The van der Waals surface area contributed by atoms with E-state index in [9.17, 15) is 4.79 Å². The number of nitrogens with two attached hydrogens (primary N) is 2. The van der Waals surface area contributed by atoms with E-state index in [1.165, 1.54) is 77.0 Å². The van der Waals surface area contributed by atoms with Gasteiger partial charge in [0.15, 0.2) is 0 Å². The van der Waals surface area contributed by atoms with E-state index in [4.69, 9.17) is 16.6 Å². The molecule has 5 N–H and O–H groups in total. The maximum Gasteiger partial charge on any atom is 0.217 e. The van der Waals surface area contributed by atoms with Gasteiger partial charge >= 0.3 is 0 Å². The fourth-order valence-corrected chi connectivity index (χ4v) is 2.32. The molecule has 0 saturated heterocycles. The van der Waals surface area contributed by atoms with E-state index in [0.717, 1.165) is 6.42 Å². The van der Waals surface area contributed by atoms with Crippen molar-refractivity contribution in [3.63, 3.8) is 0 Å². The maximum atomic E-state index is 10.5. The van der Waals surface area contributed by atoms with E-state index < -0.39 is 0 Å². The van der Waals surface area contributed by atoms with E-state index >= 15 is 0 Å². The molecule has 0 radical (unpaired) electrons. The molecule has 0 saturated carbocycles. The molecular formula is C18H40N2O2. The largest absolute Gasteiger partial charge is 0.395 e. The standard InChI is InChI=1S/C16H33NO.C2H7NO/c1-2-3-4-5-6-7-8-9-10-11-12-13-14-15-16(17)18;3-1-2-4/h2-15H2,1H3,(H2,17,18);4H,1-3H2. The summed E-state index contributed by atoms with van der Waals surface area (Å²) in [5.41, 5.74) is 9.87. The first-order valence-corrected chi connectivity index (χ1v) is 9.28. The zero-order valence-corrected chi connectivity index (χ0v) is 14.8. The van der Waals surface area contributed by atoms with Gasteiger partial charge in [0.05, 0.1) is 6.61 Å². The maximum absolute atomic E-state index is 10.5. The highest BCUT2D eigenvalue weighted by atomic mass is 16.3. The van der Waals surface area contributed by atoms with Crippen LogP contribution in [0.1, 0.15) is 96.8 Å². The quantitative estimate of drug-likeness (QED) is 0.400. The number of primary amides is 1. The van der Waals surface area contributed by atoms with Crippen molar-refractivity contribution in [2.45, 2.75) is 96.8 Å². The van der Waals surface area contributed by atoms with E-state index in [1.54, 1.807) is 0 Å². The summed E-state index contributed by atoms with van der Waals surface area (Å²) in [6.07, 6.45) is 17.9. The summed E-state index contributed by atoms with van der Waals surface area (Å²) in [7, 11) is 0. The second kappa shape index (κ2) is 22.7. The molecule has 0 aliphatic rings. The molecule has 4 heteroatoms. The van der Waals surface area contributed by atoms with Crippen LogP contribution < -0.4 is 11.5 Å². The lowest BCUT2D eigenvalue weighted by molar-refractivity contribution is -0.118. The summed E-state index contributed by atoms with van der Waals surface area (Å²) < 4.78 is 0. The summed E-state index contributed by atoms with van der Waals surface area (Å²) in [6.45, 7) is 2.74.